The molecule has 23 heavy (non-hydrogen) atoms. The van der Waals surface area contributed by atoms with Crippen molar-refractivity contribution in [2.45, 2.75) is 38.7 Å². The van der Waals surface area contributed by atoms with E-state index in [4.69, 9.17) is 9.47 Å². The first kappa shape index (κ1) is 17.1. The van der Waals surface area contributed by atoms with Crippen LogP contribution in [0.2, 0.25) is 0 Å². The number of carbonyl (C=O) groups excluding carboxylic acids is 1. The number of hydrogen-bond donors (Lipinski definition) is 0. The molecule has 0 saturated heterocycles. The minimum Gasteiger partial charge on any atom is -0.496 e. The lowest BCUT2D eigenvalue weighted by molar-refractivity contribution is -0.151. The maximum Gasteiger partial charge on any atom is 0.316 e. The van der Waals surface area contributed by atoms with Crippen molar-refractivity contribution in [3.8, 4) is 5.75 Å². The lowest BCUT2D eigenvalue weighted by Gasteiger charge is -2.29. The van der Waals surface area contributed by atoms with Crippen molar-refractivity contribution in [1.29, 1.82) is 0 Å². The minimum absolute atomic E-state index is 0.215. The number of carbonyl (C=O) groups is 1. The van der Waals surface area contributed by atoms with Crippen LogP contribution >= 0.6 is 0 Å². The fraction of sp³-hybridized carbons (Fsp3) is 0.350. The Hall–Kier alpha value is -2.29. The van der Waals surface area contributed by atoms with Crippen molar-refractivity contribution in [2.24, 2.45) is 0 Å². The van der Waals surface area contributed by atoms with Crippen LogP contribution in [0, 0.1) is 0 Å². The van der Waals surface area contributed by atoms with E-state index in [2.05, 4.69) is 6.92 Å². The summed E-state index contributed by atoms with van der Waals surface area (Å²) in [5, 5.41) is 0. The zero-order valence-electron chi connectivity index (χ0n) is 14.0. The van der Waals surface area contributed by atoms with Crippen LogP contribution < -0.4 is 4.74 Å². The average molecular weight is 312 g/mol. The second-order valence-corrected chi connectivity index (χ2v) is 5.84. The molecule has 1 unspecified atom stereocenters. The zero-order valence-corrected chi connectivity index (χ0v) is 14.0. The lowest BCUT2D eigenvalue weighted by atomic mass is 9.78. The van der Waals surface area contributed by atoms with Gasteiger partial charge < -0.3 is 9.47 Å². The third-order valence-electron chi connectivity index (χ3n) is 4.11. The van der Waals surface area contributed by atoms with Crippen molar-refractivity contribution in [1.82, 2.24) is 0 Å². The number of benzene rings is 2. The summed E-state index contributed by atoms with van der Waals surface area (Å²) in [6, 6.07) is 17.4. The molecule has 0 N–H and O–H groups in total. The summed E-state index contributed by atoms with van der Waals surface area (Å²) < 4.78 is 11.0. The highest BCUT2D eigenvalue weighted by atomic mass is 16.5. The van der Waals surface area contributed by atoms with Crippen molar-refractivity contribution < 1.29 is 14.3 Å². The Morgan fingerprint density at radius 3 is 2.35 bits per heavy atom. The van der Waals surface area contributed by atoms with E-state index in [1.54, 1.807) is 7.11 Å². The Balaban J connectivity index is 2.23. The van der Waals surface area contributed by atoms with Gasteiger partial charge >= 0.3 is 5.97 Å². The summed E-state index contributed by atoms with van der Waals surface area (Å²) in [6.07, 6.45) is 1.59. The van der Waals surface area contributed by atoms with Crippen LogP contribution in [0.5, 0.6) is 5.75 Å². The number of hydrogen-bond acceptors (Lipinski definition) is 3. The molecule has 0 heterocycles. The normalized spacial score (nSPS) is 13.2. The van der Waals surface area contributed by atoms with Gasteiger partial charge in [-0.15, -0.1) is 0 Å². The first-order valence-corrected chi connectivity index (χ1v) is 7.96. The van der Waals surface area contributed by atoms with E-state index in [-0.39, 0.29) is 12.6 Å². The van der Waals surface area contributed by atoms with Gasteiger partial charge in [0.1, 0.15) is 12.4 Å². The van der Waals surface area contributed by atoms with Crippen LogP contribution in [-0.4, -0.2) is 13.1 Å². The van der Waals surface area contributed by atoms with Crippen molar-refractivity contribution >= 4 is 5.97 Å². The summed E-state index contributed by atoms with van der Waals surface area (Å²) in [5.74, 6) is 0.507. The molecule has 0 aliphatic rings. The van der Waals surface area contributed by atoms with Crippen LogP contribution in [0.4, 0.5) is 0 Å². The van der Waals surface area contributed by atoms with Crippen molar-refractivity contribution in [3.63, 3.8) is 0 Å². The molecule has 2 rings (SSSR count). The zero-order chi connectivity index (χ0) is 16.7. The number of para-hydroxylation sites is 1. The van der Waals surface area contributed by atoms with Gasteiger partial charge in [0.15, 0.2) is 0 Å². The summed E-state index contributed by atoms with van der Waals surface area (Å²) in [6.45, 7) is 4.29. The quantitative estimate of drug-likeness (QED) is 0.706. The molecule has 2 aromatic rings. The average Bonchev–Trinajstić information content (AvgIpc) is 2.60. The van der Waals surface area contributed by atoms with Crippen LogP contribution in [-0.2, 0) is 21.6 Å². The SMILES string of the molecule is CCCC(C)(C(=O)OCc1ccccc1)c1ccccc1OC. The predicted octanol–water partition coefficient (Wildman–Crippen LogP) is 4.50. The predicted molar refractivity (Wildman–Crippen MR) is 91.5 cm³/mol. The second-order valence-electron chi connectivity index (χ2n) is 5.84. The van der Waals surface area contributed by atoms with Gasteiger partial charge in [-0.05, 0) is 25.0 Å². The van der Waals surface area contributed by atoms with Crippen molar-refractivity contribution in [3.05, 3.63) is 65.7 Å². The molecule has 0 saturated carbocycles. The van der Waals surface area contributed by atoms with Crippen LogP contribution in [0.3, 0.4) is 0 Å². The van der Waals surface area contributed by atoms with Gasteiger partial charge in [0.2, 0.25) is 0 Å². The van der Waals surface area contributed by atoms with Gasteiger partial charge in [-0.1, -0.05) is 61.9 Å². The lowest BCUT2D eigenvalue weighted by Crippen LogP contribution is -2.34. The van der Waals surface area contributed by atoms with E-state index in [9.17, 15) is 4.79 Å². The molecule has 0 bridgehead atoms. The number of methoxy groups -OCH3 is 1. The molecule has 2 aromatic carbocycles. The third kappa shape index (κ3) is 3.92. The van der Waals surface area contributed by atoms with Crippen molar-refractivity contribution in [2.75, 3.05) is 7.11 Å². The molecular weight excluding hydrogens is 288 g/mol. The summed E-state index contributed by atoms with van der Waals surface area (Å²) >= 11 is 0. The van der Waals surface area contributed by atoms with Gasteiger partial charge in [-0.3, -0.25) is 4.79 Å². The highest BCUT2D eigenvalue weighted by Gasteiger charge is 2.38. The number of ether oxygens (including phenoxy) is 2. The van der Waals surface area contributed by atoms with E-state index < -0.39 is 5.41 Å². The molecule has 0 fully saturated rings. The fourth-order valence-electron chi connectivity index (χ4n) is 2.83. The molecule has 3 heteroatoms. The molecule has 122 valence electrons. The first-order valence-electron chi connectivity index (χ1n) is 7.96. The van der Waals surface area contributed by atoms with Gasteiger partial charge in [0.05, 0.1) is 12.5 Å². The van der Waals surface area contributed by atoms with Crippen LogP contribution in [0.25, 0.3) is 0 Å². The van der Waals surface area contributed by atoms with Gasteiger partial charge in [-0.2, -0.15) is 0 Å². The molecule has 0 aromatic heterocycles. The smallest absolute Gasteiger partial charge is 0.316 e. The Morgan fingerprint density at radius 2 is 1.70 bits per heavy atom. The Morgan fingerprint density at radius 1 is 1.04 bits per heavy atom. The molecular formula is C20H24O3. The van der Waals surface area contributed by atoms with Crippen LogP contribution in [0.15, 0.2) is 54.6 Å². The number of esters is 1. The fourth-order valence-corrected chi connectivity index (χ4v) is 2.83. The topological polar surface area (TPSA) is 35.5 Å². The minimum atomic E-state index is -0.712. The second kappa shape index (κ2) is 7.82. The van der Waals surface area contributed by atoms with E-state index in [1.165, 1.54) is 0 Å². The summed E-state index contributed by atoms with van der Waals surface area (Å²) in [4.78, 5) is 12.8. The molecule has 0 aliphatic heterocycles. The van der Waals surface area contributed by atoms with E-state index in [0.29, 0.717) is 6.42 Å². The molecule has 1 atom stereocenters. The maximum atomic E-state index is 12.8. The Labute approximate surface area is 138 Å². The molecule has 0 radical (unpaired) electrons. The Bertz CT molecular complexity index is 636. The van der Waals surface area contributed by atoms with E-state index >= 15 is 0 Å². The highest BCUT2D eigenvalue weighted by molar-refractivity contribution is 5.83. The van der Waals surface area contributed by atoms with Gasteiger partial charge in [-0.25, -0.2) is 0 Å². The molecule has 0 amide bonds. The van der Waals surface area contributed by atoms with Crippen LogP contribution in [0.1, 0.15) is 37.8 Å². The molecule has 0 aliphatic carbocycles. The number of rotatable bonds is 7. The summed E-state index contributed by atoms with van der Waals surface area (Å²) in [5.41, 5.74) is 1.15. The summed E-state index contributed by atoms with van der Waals surface area (Å²) in [7, 11) is 1.63. The largest absolute Gasteiger partial charge is 0.496 e. The first-order chi connectivity index (χ1) is 11.1. The Kier molecular flexibility index (Phi) is 5.80. The molecule has 3 nitrogen and oxygen atoms in total. The standard InChI is InChI=1S/C20H24O3/c1-4-14-20(2,17-12-8-9-13-18(17)22-3)19(21)23-15-16-10-6-5-7-11-16/h5-13H,4,14-15H2,1-3H3. The highest BCUT2D eigenvalue weighted by Crippen LogP contribution is 2.36. The van der Waals surface area contributed by atoms with Gasteiger partial charge in [0.25, 0.3) is 0 Å². The third-order valence-corrected chi connectivity index (χ3v) is 4.11. The maximum absolute atomic E-state index is 12.8. The van der Waals surface area contributed by atoms with Gasteiger partial charge in [0, 0.05) is 5.56 Å². The molecule has 0 spiro atoms. The van der Waals surface area contributed by atoms with E-state index in [0.717, 1.165) is 23.3 Å². The van der Waals surface area contributed by atoms with E-state index in [1.807, 2.05) is 61.5 Å². The monoisotopic (exact) mass is 312 g/mol.